The Hall–Kier alpha value is -6.38. The summed E-state index contributed by atoms with van der Waals surface area (Å²) in [5.41, 5.74) is 12.2. The van der Waals surface area contributed by atoms with E-state index < -0.39 is 0 Å². The van der Waals surface area contributed by atoms with Crippen molar-refractivity contribution in [3.05, 3.63) is 181 Å². The highest BCUT2D eigenvalue weighted by Gasteiger charge is 2.30. The smallest absolute Gasteiger partial charge is 0.0541 e. The van der Waals surface area contributed by atoms with Gasteiger partial charge in [0.25, 0.3) is 0 Å². The monoisotopic (exact) mass is 722 g/mol. The summed E-state index contributed by atoms with van der Waals surface area (Å²) in [6.07, 6.45) is 0. The van der Waals surface area contributed by atoms with E-state index in [-0.39, 0.29) is 10.8 Å². The van der Waals surface area contributed by atoms with Crippen LogP contribution in [0, 0.1) is 0 Å². The third-order valence-electron chi connectivity index (χ3n) is 11.8. The largest absolute Gasteiger partial charge is 0.310 e. The van der Waals surface area contributed by atoms with Crippen molar-refractivity contribution in [1.29, 1.82) is 0 Å². The molecule has 0 aliphatic carbocycles. The molecular weight excluding hydrogens is 677 g/mol. The van der Waals surface area contributed by atoms with Crippen LogP contribution in [0.15, 0.2) is 170 Å². The van der Waals surface area contributed by atoms with E-state index in [1.165, 1.54) is 93.4 Å². The fraction of sp³-hybridized carbons (Fsp3) is 0.148. The van der Waals surface area contributed by atoms with Crippen molar-refractivity contribution in [2.75, 3.05) is 4.90 Å². The zero-order valence-electron chi connectivity index (χ0n) is 33.1. The standard InChI is InChI=1S/C54H46N2/c1-53(2,3)44-34-50(45(54(4,5)6)33-43(44)35-17-9-7-10-18-35)55(38-19-11-8-12-20-38)48-31-27-36-26-30-42-49(32-28-37-25-29-41(48)51(36)52(37)42)56-46-23-15-13-21-39(46)40-22-14-16-24-47(40)56/h7-34H,1-6H3. The third kappa shape index (κ3) is 5.31. The van der Waals surface area contributed by atoms with Crippen LogP contribution in [0.3, 0.4) is 0 Å². The second-order valence-electron chi connectivity index (χ2n) is 17.4. The van der Waals surface area contributed by atoms with Crippen molar-refractivity contribution in [1.82, 2.24) is 4.57 Å². The summed E-state index contributed by atoms with van der Waals surface area (Å²) in [6, 6.07) is 63.1. The molecule has 10 aromatic rings. The van der Waals surface area contributed by atoms with E-state index in [0.717, 1.165) is 5.69 Å². The minimum Gasteiger partial charge on any atom is -0.310 e. The fourth-order valence-corrected chi connectivity index (χ4v) is 9.18. The highest BCUT2D eigenvalue weighted by molar-refractivity contribution is 6.27. The van der Waals surface area contributed by atoms with Crippen LogP contribution < -0.4 is 4.90 Å². The zero-order valence-corrected chi connectivity index (χ0v) is 33.1. The van der Waals surface area contributed by atoms with Crippen molar-refractivity contribution in [2.45, 2.75) is 52.4 Å². The van der Waals surface area contributed by atoms with Gasteiger partial charge in [-0.05, 0) is 103 Å². The number of benzene rings is 9. The van der Waals surface area contributed by atoms with Crippen LogP contribution in [-0.4, -0.2) is 4.57 Å². The summed E-state index contributed by atoms with van der Waals surface area (Å²) in [6.45, 7) is 14.1. The van der Waals surface area contributed by atoms with Crippen molar-refractivity contribution in [3.63, 3.8) is 0 Å². The highest BCUT2D eigenvalue weighted by atomic mass is 15.1. The molecule has 0 bridgehead atoms. The molecule has 272 valence electrons. The van der Waals surface area contributed by atoms with Gasteiger partial charge in [0.05, 0.1) is 28.1 Å². The zero-order chi connectivity index (χ0) is 38.3. The maximum absolute atomic E-state index is 2.53. The molecule has 0 unspecified atom stereocenters. The van der Waals surface area contributed by atoms with E-state index in [2.05, 4.69) is 221 Å². The lowest BCUT2D eigenvalue weighted by Crippen LogP contribution is -2.22. The van der Waals surface area contributed by atoms with Gasteiger partial charge in [-0.1, -0.05) is 163 Å². The van der Waals surface area contributed by atoms with Gasteiger partial charge in [-0.2, -0.15) is 0 Å². The van der Waals surface area contributed by atoms with E-state index in [4.69, 9.17) is 0 Å². The lowest BCUT2D eigenvalue weighted by molar-refractivity contribution is 0.579. The molecular formula is C54H46N2. The Bertz CT molecular complexity index is 3030. The van der Waals surface area contributed by atoms with Crippen LogP contribution in [0.1, 0.15) is 52.7 Å². The lowest BCUT2D eigenvalue weighted by Gasteiger charge is -2.36. The van der Waals surface area contributed by atoms with Crippen molar-refractivity contribution in [2.24, 2.45) is 0 Å². The Morgan fingerprint density at radius 2 is 0.929 bits per heavy atom. The van der Waals surface area contributed by atoms with Crippen LogP contribution in [0.25, 0.3) is 70.9 Å². The van der Waals surface area contributed by atoms with Crippen LogP contribution in [-0.2, 0) is 10.8 Å². The van der Waals surface area contributed by atoms with Crippen LogP contribution in [0.4, 0.5) is 17.1 Å². The molecule has 0 aliphatic heterocycles. The van der Waals surface area contributed by atoms with Crippen molar-refractivity contribution >= 4 is 71.2 Å². The molecule has 0 N–H and O–H groups in total. The average molecular weight is 723 g/mol. The predicted octanol–water partition coefficient (Wildman–Crippen LogP) is 15.4. The minimum atomic E-state index is -0.136. The van der Waals surface area contributed by atoms with Gasteiger partial charge in [-0.25, -0.2) is 0 Å². The van der Waals surface area contributed by atoms with Gasteiger partial charge in [0, 0.05) is 27.2 Å². The number of aromatic nitrogens is 1. The molecule has 0 amide bonds. The third-order valence-corrected chi connectivity index (χ3v) is 11.8. The second kappa shape index (κ2) is 12.6. The molecule has 0 atom stereocenters. The molecule has 0 spiro atoms. The van der Waals surface area contributed by atoms with Crippen LogP contribution >= 0.6 is 0 Å². The second-order valence-corrected chi connectivity index (χ2v) is 17.4. The topological polar surface area (TPSA) is 8.17 Å². The van der Waals surface area contributed by atoms with Gasteiger partial charge in [-0.15, -0.1) is 0 Å². The molecule has 0 saturated carbocycles. The Labute approximate surface area is 329 Å². The normalized spacial score (nSPS) is 12.5. The molecule has 0 saturated heterocycles. The molecule has 9 aromatic carbocycles. The first-order valence-corrected chi connectivity index (χ1v) is 19.9. The van der Waals surface area contributed by atoms with E-state index in [1.54, 1.807) is 0 Å². The fourth-order valence-electron chi connectivity index (χ4n) is 9.18. The summed E-state index contributed by atoms with van der Waals surface area (Å²) < 4.78 is 2.46. The lowest BCUT2D eigenvalue weighted by atomic mass is 9.76. The van der Waals surface area contributed by atoms with Gasteiger partial charge in [0.2, 0.25) is 0 Å². The molecule has 2 nitrogen and oxygen atoms in total. The van der Waals surface area contributed by atoms with Crippen molar-refractivity contribution < 1.29 is 0 Å². The summed E-state index contributed by atoms with van der Waals surface area (Å²) in [5, 5.41) is 10.2. The van der Waals surface area contributed by atoms with Gasteiger partial charge < -0.3 is 9.47 Å². The maximum Gasteiger partial charge on any atom is 0.0541 e. The number of nitrogens with zero attached hydrogens (tertiary/aromatic N) is 2. The summed E-state index contributed by atoms with van der Waals surface area (Å²) in [5.74, 6) is 0. The number of rotatable bonds is 5. The van der Waals surface area contributed by atoms with Gasteiger partial charge in [-0.3, -0.25) is 0 Å². The molecule has 2 heteroatoms. The Kier molecular flexibility index (Phi) is 7.67. The molecule has 56 heavy (non-hydrogen) atoms. The van der Waals surface area contributed by atoms with E-state index >= 15 is 0 Å². The van der Waals surface area contributed by atoms with E-state index in [1.807, 2.05) is 0 Å². The Balaban J connectivity index is 1.29. The highest BCUT2D eigenvalue weighted by Crippen LogP contribution is 2.50. The number of para-hydroxylation sites is 3. The van der Waals surface area contributed by atoms with Crippen molar-refractivity contribution in [3.8, 4) is 16.8 Å². The average Bonchev–Trinajstić information content (AvgIpc) is 3.54. The number of hydrogen-bond acceptors (Lipinski definition) is 1. The first-order valence-electron chi connectivity index (χ1n) is 19.9. The predicted molar refractivity (Wildman–Crippen MR) is 242 cm³/mol. The van der Waals surface area contributed by atoms with Gasteiger partial charge in [0.15, 0.2) is 0 Å². The Morgan fingerprint density at radius 3 is 1.55 bits per heavy atom. The van der Waals surface area contributed by atoms with Gasteiger partial charge in [0.1, 0.15) is 0 Å². The first kappa shape index (κ1) is 34.1. The van der Waals surface area contributed by atoms with E-state index in [0.29, 0.717) is 0 Å². The van der Waals surface area contributed by atoms with Crippen LogP contribution in [0.2, 0.25) is 0 Å². The summed E-state index contributed by atoms with van der Waals surface area (Å²) in [7, 11) is 0. The quantitative estimate of drug-likeness (QED) is 0.161. The van der Waals surface area contributed by atoms with Crippen LogP contribution in [0.5, 0.6) is 0 Å². The van der Waals surface area contributed by atoms with Gasteiger partial charge >= 0.3 is 0 Å². The molecule has 1 heterocycles. The molecule has 0 aliphatic rings. The first-order chi connectivity index (χ1) is 27.1. The summed E-state index contributed by atoms with van der Waals surface area (Å²) >= 11 is 0. The number of anilines is 3. The number of fused-ring (bicyclic) bond motifs is 3. The summed E-state index contributed by atoms with van der Waals surface area (Å²) in [4.78, 5) is 2.53. The van der Waals surface area contributed by atoms with E-state index in [9.17, 15) is 0 Å². The molecule has 10 rings (SSSR count). The maximum atomic E-state index is 2.53. The SMILES string of the molecule is CC(C)(C)c1cc(N(c2ccccc2)c2ccc3ccc4c(-n5c6ccccc6c6ccccc65)ccc5ccc2c3c54)c(C(C)(C)C)cc1-c1ccccc1. The molecule has 0 fully saturated rings. The molecule has 0 radical (unpaired) electrons. The molecule has 1 aromatic heterocycles. The Morgan fingerprint density at radius 1 is 0.411 bits per heavy atom. The number of hydrogen-bond donors (Lipinski definition) is 0. The minimum absolute atomic E-state index is 0.0927.